The van der Waals surface area contributed by atoms with Gasteiger partial charge in [0.2, 0.25) is 0 Å². The minimum absolute atomic E-state index is 0.0468. The number of nitrogen functional groups attached to an aromatic ring is 1. The summed E-state index contributed by atoms with van der Waals surface area (Å²) in [6, 6.07) is 4.33. The van der Waals surface area contributed by atoms with E-state index < -0.39 is 0 Å². The van der Waals surface area contributed by atoms with Crippen molar-refractivity contribution in [3.63, 3.8) is 0 Å². The van der Waals surface area contributed by atoms with Crippen molar-refractivity contribution in [2.24, 2.45) is 0 Å². The number of rotatable bonds is 11. The number of fused-ring (bicyclic) bond motifs is 1. The van der Waals surface area contributed by atoms with Crippen molar-refractivity contribution in [2.75, 3.05) is 63.4 Å². The smallest absolute Gasteiger partial charge is 0.0701 e. The molecule has 6 nitrogen and oxygen atoms in total. The summed E-state index contributed by atoms with van der Waals surface area (Å²) in [5, 5.41) is 8.60. The Kier molecular flexibility index (Phi) is 8.15. The van der Waals surface area contributed by atoms with Crippen LogP contribution in [0.5, 0.6) is 0 Å². The summed E-state index contributed by atoms with van der Waals surface area (Å²) < 4.78 is 16.3. The van der Waals surface area contributed by atoms with Crippen molar-refractivity contribution >= 4 is 11.4 Å². The second-order valence-electron chi connectivity index (χ2n) is 7.36. The summed E-state index contributed by atoms with van der Waals surface area (Å²) in [7, 11) is 0. The van der Waals surface area contributed by atoms with Crippen molar-refractivity contribution in [1.29, 1.82) is 0 Å². The molecule has 0 saturated carbocycles. The maximum absolute atomic E-state index is 8.60. The molecule has 2 rings (SSSR count). The molecule has 0 unspecified atom stereocenters. The molecular weight excluding hydrogens is 332 g/mol. The van der Waals surface area contributed by atoms with Crippen LogP contribution in [0.4, 0.5) is 11.4 Å². The highest BCUT2D eigenvalue weighted by Gasteiger charge is 2.32. The molecule has 1 aromatic carbocycles. The van der Waals surface area contributed by atoms with Crippen molar-refractivity contribution in [3.8, 4) is 0 Å². The van der Waals surface area contributed by atoms with Gasteiger partial charge in [-0.1, -0.05) is 0 Å². The maximum Gasteiger partial charge on any atom is 0.0701 e. The fraction of sp³-hybridized carbons (Fsp3) is 0.700. The lowest BCUT2D eigenvalue weighted by Crippen LogP contribution is -2.49. The SMILES string of the molecule is Cc1cc2c(cc1N)CCC(C)(C)N2CCOCCOCCOCCO. The number of ether oxygens (including phenoxy) is 3. The lowest BCUT2D eigenvalue weighted by molar-refractivity contribution is 0.00837. The summed E-state index contributed by atoms with van der Waals surface area (Å²) in [5.74, 6) is 0. The van der Waals surface area contributed by atoms with Gasteiger partial charge in [0, 0.05) is 23.5 Å². The summed E-state index contributed by atoms with van der Waals surface area (Å²) in [6.45, 7) is 10.7. The minimum atomic E-state index is 0.0468. The van der Waals surface area contributed by atoms with Crippen LogP contribution in [-0.2, 0) is 20.6 Å². The molecule has 0 atom stereocenters. The number of hydrogen-bond acceptors (Lipinski definition) is 6. The third-order valence-corrected chi connectivity index (χ3v) is 4.93. The van der Waals surface area contributed by atoms with Gasteiger partial charge in [0.15, 0.2) is 0 Å². The molecule has 26 heavy (non-hydrogen) atoms. The first-order valence-electron chi connectivity index (χ1n) is 9.46. The van der Waals surface area contributed by atoms with E-state index >= 15 is 0 Å². The first kappa shape index (κ1) is 21.0. The Morgan fingerprint density at radius 3 is 2.31 bits per heavy atom. The molecule has 3 N–H and O–H groups in total. The van der Waals surface area contributed by atoms with E-state index in [0.717, 1.165) is 30.6 Å². The van der Waals surface area contributed by atoms with Crippen LogP contribution in [0.3, 0.4) is 0 Å². The molecule has 0 fully saturated rings. The van der Waals surface area contributed by atoms with Crippen LogP contribution in [0.2, 0.25) is 0 Å². The number of aliphatic hydroxyl groups excluding tert-OH is 1. The molecule has 0 aliphatic carbocycles. The number of nitrogens with two attached hydrogens (primary N) is 1. The third-order valence-electron chi connectivity index (χ3n) is 4.93. The Hall–Kier alpha value is -1.34. The molecule has 148 valence electrons. The molecule has 0 saturated heterocycles. The van der Waals surface area contributed by atoms with Crippen LogP contribution >= 0.6 is 0 Å². The fourth-order valence-corrected chi connectivity index (χ4v) is 3.30. The Morgan fingerprint density at radius 1 is 1.04 bits per heavy atom. The predicted octanol–water partition coefficient (Wildman–Crippen LogP) is 2.15. The van der Waals surface area contributed by atoms with Gasteiger partial charge in [-0.25, -0.2) is 0 Å². The number of aliphatic hydroxyl groups is 1. The van der Waals surface area contributed by atoms with Gasteiger partial charge in [-0.2, -0.15) is 0 Å². The Morgan fingerprint density at radius 2 is 1.65 bits per heavy atom. The van der Waals surface area contributed by atoms with Gasteiger partial charge >= 0.3 is 0 Å². The number of nitrogens with zero attached hydrogens (tertiary/aromatic N) is 1. The van der Waals surface area contributed by atoms with E-state index in [0.29, 0.717) is 39.6 Å². The summed E-state index contributed by atoms with van der Waals surface area (Å²) in [4.78, 5) is 2.45. The molecule has 0 amide bonds. The normalized spacial score (nSPS) is 15.9. The quantitative estimate of drug-likeness (QED) is 0.462. The van der Waals surface area contributed by atoms with Crippen molar-refractivity contribution in [2.45, 2.75) is 39.2 Å². The van der Waals surface area contributed by atoms with E-state index in [9.17, 15) is 0 Å². The monoisotopic (exact) mass is 366 g/mol. The molecule has 1 aromatic rings. The first-order valence-corrected chi connectivity index (χ1v) is 9.46. The van der Waals surface area contributed by atoms with Gasteiger partial charge < -0.3 is 30.0 Å². The van der Waals surface area contributed by atoms with Crippen molar-refractivity contribution < 1.29 is 19.3 Å². The number of anilines is 2. The zero-order valence-electron chi connectivity index (χ0n) is 16.4. The fourth-order valence-electron chi connectivity index (χ4n) is 3.30. The zero-order chi connectivity index (χ0) is 19.0. The topological polar surface area (TPSA) is 77.2 Å². The highest BCUT2D eigenvalue weighted by molar-refractivity contribution is 5.66. The van der Waals surface area contributed by atoms with Crippen LogP contribution in [-0.4, -0.2) is 63.4 Å². The number of benzene rings is 1. The standard InChI is InChI=1S/C20H34N2O4/c1-16-14-19-17(15-18(16)21)4-5-20(2,3)22(19)6-8-24-10-12-26-13-11-25-9-7-23/h14-15,23H,4-13,21H2,1-3H3. The van der Waals surface area contributed by atoms with E-state index in [4.69, 9.17) is 25.1 Å². The van der Waals surface area contributed by atoms with Gasteiger partial charge in [0.1, 0.15) is 0 Å². The van der Waals surface area contributed by atoms with Crippen LogP contribution in [0.1, 0.15) is 31.4 Å². The first-order chi connectivity index (χ1) is 12.5. The molecule has 1 heterocycles. The Bertz CT molecular complexity index is 563. The maximum atomic E-state index is 8.60. The molecular formula is C20H34N2O4. The molecule has 0 aromatic heterocycles. The highest BCUT2D eigenvalue weighted by atomic mass is 16.5. The molecule has 0 spiro atoms. The molecule has 1 aliphatic rings. The Balaban J connectivity index is 1.75. The third kappa shape index (κ3) is 5.84. The van der Waals surface area contributed by atoms with Gasteiger partial charge in [0.25, 0.3) is 0 Å². The average Bonchev–Trinajstić information content (AvgIpc) is 2.60. The average molecular weight is 367 g/mol. The summed E-state index contributed by atoms with van der Waals surface area (Å²) in [6.07, 6.45) is 2.18. The summed E-state index contributed by atoms with van der Waals surface area (Å²) >= 11 is 0. The van der Waals surface area contributed by atoms with E-state index in [-0.39, 0.29) is 12.1 Å². The second kappa shape index (κ2) is 10.1. The van der Waals surface area contributed by atoms with E-state index in [1.165, 1.54) is 11.3 Å². The Labute approximate surface area is 157 Å². The minimum Gasteiger partial charge on any atom is -0.399 e. The van der Waals surface area contributed by atoms with Gasteiger partial charge in [-0.05, 0) is 56.9 Å². The molecule has 6 heteroatoms. The van der Waals surface area contributed by atoms with Crippen LogP contribution < -0.4 is 10.6 Å². The summed E-state index contributed by atoms with van der Waals surface area (Å²) in [5.41, 5.74) is 10.8. The van der Waals surface area contributed by atoms with Gasteiger partial charge in [-0.3, -0.25) is 0 Å². The van der Waals surface area contributed by atoms with E-state index in [1.54, 1.807) is 0 Å². The highest BCUT2D eigenvalue weighted by Crippen LogP contribution is 2.38. The lowest BCUT2D eigenvalue weighted by atomic mass is 9.86. The van der Waals surface area contributed by atoms with Gasteiger partial charge in [-0.15, -0.1) is 0 Å². The molecule has 1 aliphatic heterocycles. The predicted molar refractivity (Wildman–Crippen MR) is 105 cm³/mol. The van der Waals surface area contributed by atoms with E-state index in [2.05, 4.69) is 37.8 Å². The van der Waals surface area contributed by atoms with Crippen LogP contribution in [0.25, 0.3) is 0 Å². The zero-order valence-corrected chi connectivity index (χ0v) is 16.4. The molecule has 0 bridgehead atoms. The molecule has 0 radical (unpaired) electrons. The number of aryl methyl sites for hydroxylation is 2. The van der Waals surface area contributed by atoms with Crippen molar-refractivity contribution in [1.82, 2.24) is 0 Å². The van der Waals surface area contributed by atoms with Crippen LogP contribution in [0, 0.1) is 6.92 Å². The van der Waals surface area contributed by atoms with E-state index in [1.807, 2.05) is 0 Å². The largest absolute Gasteiger partial charge is 0.399 e. The second-order valence-corrected chi connectivity index (χ2v) is 7.36. The van der Waals surface area contributed by atoms with Gasteiger partial charge in [0.05, 0.1) is 46.2 Å². The lowest BCUT2D eigenvalue weighted by Gasteiger charge is -2.45. The van der Waals surface area contributed by atoms with Crippen LogP contribution in [0.15, 0.2) is 12.1 Å². The number of hydrogen-bond donors (Lipinski definition) is 2. The van der Waals surface area contributed by atoms with Crippen molar-refractivity contribution in [3.05, 3.63) is 23.3 Å².